The Morgan fingerprint density at radius 3 is 2.58 bits per heavy atom. The number of para-hydroxylation sites is 1. The van der Waals surface area contributed by atoms with Gasteiger partial charge >= 0.3 is 0 Å². The van der Waals surface area contributed by atoms with Crippen LogP contribution in [0.1, 0.15) is 32.6 Å². The standard InChI is InChI=1S/C18H24ClN3O2/c1-13(18(24)20-16-6-3-2-5-15(16)19)21-11-8-14(9-12-21)22-10-4-7-17(22)23/h2-3,5-6,13-14H,4,7-12H2,1H3,(H,20,24). The Kier molecular flexibility index (Phi) is 5.41. The van der Waals surface area contributed by atoms with Crippen molar-refractivity contribution in [2.45, 2.75) is 44.7 Å². The number of nitrogens with zero attached hydrogens (tertiary/aromatic N) is 2. The molecule has 1 aromatic carbocycles. The summed E-state index contributed by atoms with van der Waals surface area (Å²) in [6.45, 7) is 4.50. The van der Waals surface area contributed by atoms with Crippen molar-refractivity contribution in [3.05, 3.63) is 29.3 Å². The summed E-state index contributed by atoms with van der Waals surface area (Å²) in [6, 6.07) is 7.39. The molecule has 3 rings (SSSR count). The summed E-state index contributed by atoms with van der Waals surface area (Å²) >= 11 is 6.10. The zero-order valence-electron chi connectivity index (χ0n) is 14.0. The Balaban J connectivity index is 1.53. The fraction of sp³-hybridized carbons (Fsp3) is 0.556. The molecule has 0 spiro atoms. The Morgan fingerprint density at radius 1 is 1.25 bits per heavy atom. The number of halogens is 1. The molecule has 24 heavy (non-hydrogen) atoms. The van der Waals surface area contributed by atoms with Crippen LogP contribution in [0.4, 0.5) is 5.69 Å². The van der Waals surface area contributed by atoms with E-state index in [4.69, 9.17) is 11.6 Å². The van der Waals surface area contributed by atoms with E-state index in [2.05, 4.69) is 10.2 Å². The van der Waals surface area contributed by atoms with E-state index in [9.17, 15) is 9.59 Å². The molecule has 1 atom stereocenters. The molecule has 0 aromatic heterocycles. The number of benzene rings is 1. The van der Waals surface area contributed by atoms with Gasteiger partial charge in [-0.15, -0.1) is 0 Å². The number of likely N-dealkylation sites (tertiary alicyclic amines) is 2. The molecule has 2 fully saturated rings. The molecule has 2 aliphatic heterocycles. The number of piperidine rings is 1. The second kappa shape index (κ2) is 7.53. The van der Waals surface area contributed by atoms with E-state index in [0.717, 1.165) is 38.9 Å². The van der Waals surface area contributed by atoms with Gasteiger partial charge in [-0.05, 0) is 38.3 Å². The van der Waals surface area contributed by atoms with Gasteiger partial charge in [-0.3, -0.25) is 14.5 Å². The first-order valence-corrected chi connectivity index (χ1v) is 9.03. The van der Waals surface area contributed by atoms with Crippen LogP contribution >= 0.6 is 11.6 Å². The normalized spacial score (nSPS) is 21.1. The van der Waals surface area contributed by atoms with E-state index >= 15 is 0 Å². The second-order valence-corrected chi connectivity index (χ2v) is 7.01. The number of carbonyl (C=O) groups excluding carboxylic acids is 2. The topological polar surface area (TPSA) is 52.7 Å². The molecule has 2 aliphatic rings. The molecule has 6 heteroatoms. The largest absolute Gasteiger partial charge is 0.340 e. The van der Waals surface area contributed by atoms with Gasteiger partial charge in [-0.25, -0.2) is 0 Å². The van der Waals surface area contributed by atoms with Crippen molar-refractivity contribution >= 4 is 29.1 Å². The predicted octanol–water partition coefficient (Wildman–Crippen LogP) is 2.75. The first kappa shape index (κ1) is 17.2. The van der Waals surface area contributed by atoms with Crippen molar-refractivity contribution < 1.29 is 9.59 Å². The smallest absolute Gasteiger partial charge is 0.241 e. The van der Waals surface area contributed by atoms with Crippen LogP contribution in [0.5, 0.6) is 0 Å². The van der Waals surface area contributed by atoms with Crippen LogP contribution in [-0.2, 0) is 9.59 Å². The molecule has 1 N–H and O–H groups in total. The minimum Gasteiger partial charge on any atom is -0.340 e. The average Bonchev–Trinajstić information content (AvgIpc) is 3.02. The third kappa shape index (κ3) is 3.73. The molecular weight excluding hydrogens is 326 g/mol. The lowest BCUT2D eigenvalue weighted by molar-refractivity contribution is -0.131. The van der Waals surface area contributed by atoms with Crippen molar-refractivity contribution in [3.63, 3.8) is 0 Å². The summed E-state index contributed by atoms with van der Waals surface area (Å²) in [5.74, 6) is 0.247. The maximum absolute atomic E-state index is 12.5. The van der Waals surface area contributed by atoms with E-state index in [1.54, 1.807) is 12.1 Å². The van der Waals surface area contributed by atoms with E-state index in [1.165, 1.54) is 0 Å². The third-order valence-corrected chi connectivity index (χ3v) is 5.44. The molecule has 2 heterocycles. The molecule has 1 aromatic rings. The van der Waals surface area contributed by atoms with Crippen molar-refractivity contribution in [1.82, 2.24) is 9.80 Å². The number of anilines is 1. The molecule has 2 amide bonds. The predicted molar refractivity (Wildman–Crippen MR) is 95.1 cm³/mol. The van der Waals surface area contributed by atoms with Crippen LogP contribution in [0.2, 0.25) is 5.02 Å². The highest BCUT2D eigenvalue weighted by molar-refractivity contribution is 6.33. The molecule has 0 saturated carbocycles. The SMILES string of the molecule is CC(C(=O)Nc1ccccc1Cl)N1CCC(N2CCCC2=O)CC1. The minimum atomic E-state index is -0.212. The van der Waals surface area contributed by atoms with Gasteiger partial charge in [0.25, 0.3) is 0 Å². The van der Waals surface area contributed by atoms with Gasteiger partial charge < -0.3 is 10.2 Å². The monoisotopic (exact) mass is 349 g/mol. The lowest BCUT2D eigenvalue weighted by Gasteiger charge is -2.38. The molecule has 5 nitrogen and oxygen atoms in total. The van der Waals surface area contributed by atoms with Gasteiger partial charge in [0.1, 0.15) is 0 Å². The van der Waals surface area contributed by atoms with E-state index in [-0.39, 0.29) is 17.9 Å². The molecule has 0 radical (unpaired) electrons. The first-order valence-electron chi connectivity index (χ1n) is 8.65. The number of hydrogen-bond acceptors (Lipinski definition) is 3. The summed E-state index contributed by atoms with van der Waals surface area (Å²) in [7, 11) is 0. The maximum atomic E-state index is 12.5. The molecular formula is C18H24ClN3O2. The second-order valence-electron chi connectivity index (χ2n) is 6.60. The van der Waals surface area contributed by atoms with Gasteiger partial charge in [-0.1, -0.05) is 23.7 Å². The van der Waals surface area contributed by atoms with Gasteiger partial charge in [0.15, 0.2) is 0 Å². The molecule has 130 valence electrons. The van der Waals surface area contributed by atoms with Crippen LogP contribution < -0.4 is 5.32 Å². The molecule has 0 aliphatic carbocycles. The number of nitrogens with one attached hydrogen (secondary N) is 1. The Bertz CT molecular complexity index is 614. The highest BCUT2D eigenvalue weighted by Gasteiger charge is 2.33. The maximum Gasteiger partial charge on any atom is 0.241 e. The number of rotatable bonds is 4. The van der Waals surface area contributed by atoms with Crippen LogP contribution in [0.25, 0.3) is 0 Å². The summed E-state index contributed by atoms with van der Waals surface area (Å²) < 4.78 is 0. The van der Waals surface area contributed by atoms with Gasteiger partial charge in [0.2, 0.25) is 11.8 Å². The van der Waals surface area contributed by atoms with Crippen LogP contribution in [0.3, 0.4) is 0 Å². The summed E-state index contributed by atoms with van der Waals surface area (Å²) in [4.78, 5) is 28.6. The third-order valence-electron chi connectivity index (χ3n) is 5.11. The highest BCUT2D eigenvalue weighted by Crippen LogP contribution is 2.24. The zero-order valence-corrected chi connectivity index (χ0v) is 14.8. The lowest BCUT2D eigenvalue weighted by atomic mass is 10.0. The van der Waals surface area contributed by atoms with Crippen LogP contribution in [0.15, 0.2) is 24.3 Å². The Morgan fingerprint density at radius 2 is 1.96 bits per heavy atom. The van der Waals surface area contributed by atoms with Crippen LogP contribution in [0, 0.1) is 0 Å². The number of amides is 2. The van der Waals surface area contributed by atoms with Crippen molar-refractivity contribution in [2.75, 3.05) is 25.0 Å². The highest BCUT2D eigenvalue weighted by atomic mass is 35.5. The van der Waals surface area contributed by atoms with Crippen LogP contribution in [-0.4, -0.2) is 53.3 Å². The number of hydrogen-bond donors (Lipinski definition) is 1. The summed E-state index contributed by atoms with van der Waals surface area (Å²) in [5, 5.41) is 3.45. The summed E-state index contributed by atoms with van der Waals surface area (Å²) in [5.41, 5.74) is 0.647. The quantitative estimate of drug-likeness (QED) is 0.909. The van der Waals surface area contributed by atoms with Crippen molar-refractivity contribution in [1.29, 1.82) is 0 Å². The Labute approximate surface area is 147 Å². The van der Waals surface area contributed by atoms with Gasteiger partial charge in [0.05, 0.1) is 16.8 Å². The summed E-state index contributed by atoms with van der Waals surface area (Å²) in [6.07, 6.45) is 3.55. The molecule has 1 unspecified atom stereocenters. The zero-order chi connectivity index (χ0) is 17.1. The van der Waals surface area contributed by atoms with E-state index < -0.39 is 0 Å². The fourth-order valence-corrected chi connectivity index (χ4v) is 3.79. The lowest BCUT2D eigenvalue weighted by Crippen LogP contribution is -2.50. The van der Waals surface area contributed by atoms with Crippen molar-refractivity contribution in [2.24, 2.45) is 0 Å². The van der Waals surface area contributed by atoms with Gasteiger partial charge in [0, 0.05) is 32.1 Å². The first-order chi connectivity index (χ1) is 11.6. The molecule has 0 bridgehead atoms. The Hall–Kier alpha value is -1.59. The van der Waals surface area contributed by atoms with Gasteiger partial charge in [-0.2, -0.15) is 0 Å². The number of carbonyl (C=O) groups is 2. The fourth-order valence-electron chi connectivity index (χ4n) is 3.61. The van der Waals surface area contributed by atoms with E-state index in [1.807, 2.05) is 24.0 Å². The molecule has 2 saturated heterocycles. The van der Waals surface area contributed by atoms with E-state index in [0.29, 0.717) is 23.2 Å². The average molecular weight is 350 g/mol. The van der Waals surface area contributed by atoms with Crippen molar-refractivity contribution in [3.8, 4) is 0 Å². The minimum absolute atomic E-state index is 0.0428.